The Hall–Kier alpha value is -0.260. The lowest BCUT2D eigenvalue weighted by molar-refractivity contribution is 0.492. The van der Waals surface area contributed by atoms with Crippen LogP contribution in [0.4, 0.5) is 0 Å². The molecule has 0 nitrogen and oxygen atoms in total. The summed E-state index contributed by atoms with van der Waals surface area (Å²) in [5.74, 6) is 0.954. The largest absolute Gasteiger partial charge is 0.0999 e. The van der Waals surface area contributed by atoms with Gasteiger partial charge in [-0.05, 0) is 25.2 Å². The molecule has 0 aromatic carbocycles. The van der Waals surface area contributed by atoms with Crippen LogP contribution in [0.3, 0.4) is 0 Å². The summed E-state index contributed by atoms with van der Waals surface area (Å²) in [6.45, 7) is 15.1. The Balaban J connectivity index is 0. The summed E-state index contributed by atoms with van der Waals surface area (Å²) in [5, 5.41) is 0. The minimum atomic E-state index is 0.954. The molecule has 16 heavy (non-hydrogen) atoms. The van der Waals surface area contributed by atoms with Crippen LogP contribution in [0.25, 0.3) is 0 Å². The number of hydrogen-bond acceptors (Lipinski definition) is 0. The van der Waals surface area contributed by atoms with Crippen molar-refractivity contribution in [3.8, 4) is 0 Å². The first-order valence-electron chi connectivity index (χ1n) is 7.28. The van der Waals surface area contributed by atoms with Crippen LogP contribution in [0, 0.1) is 5.92 Å². The molecule has 0 aliphatic rings. The smallest absolute Gasteiger partial charge is 0.0323 e. The first-order valence-corrected chi connectivity index (χ1v) is 7.28. The predicted molar refractivity (Wildman–Crippen MR) is 77.9 cm³/mol. The van der Waals surface area contributed by atoms with Gasteiger partial charge in [-0.2, -0.15) is 0 Å². The van der Waals surface area contributed by atoms with Gasteiger partial charge in [0.1, 0.15) is 0 Å². The minimum absolute atomic E-state index is 0.954. The molecule has 0 saturated heterocycles. The average molecular weight is 226 g/mol. The maximum absolute atomic E-state index is 3.91. The zero-order valence-corrected chi connectivity index (χ0v) is 12.4. The lowest BCUT2D eigenvalue weighted by atomic mass is 10.0. The third-order valence-electron chi connectivity index (χ3n) is 3.13. The molecule has 0 saturated carbocycles. The molecule has 0 heterocycles. The van der Waals surface area contributed by atoms with E-state index in [-0.39, 0.29) is 0 Å². The second-order valence-electron chi connectivity index (χ2n) is 4.86. The van der Waals surface area contributed by atoms with Gasteiger partial charge in [-0.15, -0.1) is 0 Å². The van der Waals surface area contributed by atoms with Crippen LogP contribution >= 0.6 is 0 Å². The Morgan fingerprint density at radius 2 is 1.56 bits per heavy atom. The number of hydrogen-bond donors (Lipinski definition) is 0. The van der Waals surface area contributed by atoms with Crippen LogP contribution in [-0.4, -0.2) is 0 Å². The van der Waals surface area contributed by atoms with E-state index in [4.69, 9.17) is 0 Å². The van der Waals surface area contributed by atoms with Crippen LogP contribution in [0.15, 0.2) is 12.2 Å². The van der Waals surface area contributed by atoms with Crippen LogP contribution in [0.1, 0.15) is 86.0 Å². The van der Waals surface area contributed by atoms with Crippen molar-refractivity contribution in [2.45, 2.75) is 86.0 Å². The summed E-state index contributed by atoms with van der Waals surface area (Å²) in [4.78, 5) is 0. The molecule has 1 unspecified atom stereocenters. The van der Waals surface area contributed by atoms with Crippen molar-refractivity contribution in [3.05, 3.63) is 12.2 Å². The lowest BCUT2D eigenvalue weighted by Gasteiger charge is -2.04. The zero-order valence-electron chi connectivity index (χ0n) is 12.4. The van der Waals surface area contributed by atoms with Crippen LogP contribution < -0.4 is 0 Å². The number of rotatable bonds is 8. The zero-order chi connectivity index (χ0) is 12.8. The van der Waals surface area contributed by atoms with E-state index < -0.39 is 0 Å². The van der Waals surface area contributed by atoms with Crippen molar-refractivity contribution >= 4 is 0 Å². The number of unbranched alkanes of at least 4 members (excludes halogenated alkanes) is 2. The molecule has 0 N–H and O–H groups in total. The van der Waals surface area contributed by atoms with E-state index in [1.54, 1.807) is 0 Å². The van der Waals surface area contributed by atoms with E-state index >= 15 is 0 Å². The van der Waals surface area contributed by atoms with E-state index in [2.05, 4.69) is 41.2 Å². The molecular formula is C16H34. The fourth-order valence-corrected chi connectivity index (χ4v) is 1.36. The maximum atomic E-state index is 3.91. The van der Waals surface area contributed by atoms with Gasteiger partial charge in [0.2, 0.25) is 0 Å². The Kier molecular flexibility index (Phi) is 16.7. The van der Waals surface area contributed by atoms with Gasteiger partial charge in [0.15, 0.2) is 0 Å². The highest BCUT2D eigenvalue weighted by Crippen LogP contribution is 2.09. The monoisotopic (exact) mass is 226 g/mol. The molecular weight excluding hydrogens is 192 g/mol. The fourth-order valence-electron chi connectivity index (χ4n) is 1.36. The molecule has 0 amide bonds. The summed E-state index contributed by atoms with van der Waals surface area (Å²) in [6.07, 6.45) is 10.5. The van der Waals surface area contributed by atoms with E-state index in [1.807, 2.05) is 0 Å². The summed E-state index contributed by atoms with van der Waals surface area (Å²) in [6, 6.07) is 0. The Bertz CT molecular complexity index is 135. The average Bonchev–Trinajstić information content (AvgIpc) is 2.33. The van der Waals surface area contributed by atoms with Crippen LogP contribution in [-0.2, 0) is 0 Å². The first kappa shape index (κ1) is 18.1. The van der Waals surface area contributed by atoms with Gasteiger partial charge in [-0.1, -0.05) is 78.9 Å². The van der Waals surface area contributed by atoms with Gasteiger partial charge in [-0.3, -0.25) is 0 Å². The molecule has 0 radical (unpaired) electrons. The molecule has 0 spiro atoms. The van der Waals surface area contributed by atoms with Gasteiger partial charge in [0, 0.05) is 0 Å². The molecule has 0 fully saturated rings. The molecule has 0 aromatic heterocycles. The highest BCUT2D eigenvalue weighted by Gasteiger charge is 1.94. The van der Waals surface area contributed by atoms with Crippen LogP contribution in [0.2, 0.25) is 0 Å². The van der Waals surface area contributed by atoms with Crippen molar-refractivity contribution in [2.75, 3.05) is 0 Å². The Morgan fingerprint density at radius 1 is 1.00 bits per heavy atom. The van der Waals surface area contributed by atoms with E-state index in [0.29, 0.717) is 0 Å². The Morgan fingerprint density at radius 3 is 1.94 bits per heavy atom. The molecule has 1 atom stereocenters. The van der Waals surface area contributed by atoms with Gasteiger partial charge in [0.05, 0.1) is 0 Å². The van der Waals surface area contributed by atoms with E-state index in [0.717, 1.165) is 12.3 Å². The SMILES string of the molecule is C=C(CC)CCCC.CCCCC(C)CC. The molecule has 0 bridgehead atoms. The summed E-state index contributed by atoms with van der Waals surface area (Å²) >= 11 is 0. The molecule has 0 heteroatoms. The maximum Gasteiger partial charge on any atom is -0.0323 e. The van der Waals surface area contributed by atoms with Gasteiger partial charge in [-0.25, -0.2) is 0 Å². The quantitative estimate of drug-likeness (QED) is 0.422. The summed E-state index contributed by atoms with van der Waals surface area (Å²) in [5.41, 5.74) is 1.40. The van der Waals surface area contributed by atoms with Crippen molar-refractivity contribution in [2.24, 2.45) is 5.92 Å². The fraction of sp³-hybridized carbons (Fsp3) is 0.875. The molecule has 0 aliphatic carbocycles. The predicted octanol–water partition coefficient (Wildman–Crippen LogP) is 6.37. The second kappa shape index (κ2) is 14.7. The Labute approximate surface area is 105 Å². The van der Waals surface area contributed by atoms with Crippen LogP contribution in [0.5, 0.6) is 0 Å². The topological polar surface area (TPSA) is 0 Å². The summed E-state index contributed by atoms with van der Waals surface area (Å²) < 4.78 is 0. The lowest BCUT2D eigenvalue weighted by Crippen LogP contribution is -1.89. The van der Waals surface area contributed by atoms with E-state index in [9.17, 15) is 0 Å². The summed E-state index contributed by atoms with van der Waals surface area (Å²) in [7, 11) is 0. The van der Waals surface area contributed by atoms with E-state index in [1.165, 1.54) is 50.5 Å². The highest BCUT2D eigenvalue weighted by atomic mass is 14.0. The standard InChI is InChI=1S/C8H18.C8H16/c2*1-4-6-7-8(3)5-2/h8H,4-7H2,1-3H3;3-7H2,1-2H3. The first-order chi connectivity index (χ1) is 7.62. The molecule has 98 valence electrons. The third-order valence-corrected chi connectivity index (χ3v) is 3.13. The highest BCUT2D eigenvalue weighted by molar-refractivity contribution is 4.91. The van der Waals surface area contributed by atoms with Gasteiger partial charge in [0.25, 0.3) is 0 Å². The van der Waals surface area contributed by atoms with Crippen molar-refractivity contribution in [1.29, 1.82) is 0 Å². The number of allylic oxidation sites excluding steroid dienone is 1. The van der Waals surface area contributed by atoms with Gasteiger partial charge >= 0.3 is 0 Å². The third kappa shape index (κ3) is 16.2. The molecule has 0 aliphatic heterocycles. The second-order valence-corrected chi connectivity index (χ2v) is 4.86. The van der Waals surface area contributed by atoms with Crippen molar-refractivity contribution < 1.29 is 0 Å². The normalized spacial score (nSPS) is 11.6. The van der Waals surface area contributed by atoms with Crippen molar-refractivity contribution in [3.63, 3.8) is 0 Å². The minimum Gasteiger partial charge on any atom is -0.0999 e. The molecule has 0 aromatic rings. The molecule has 0 rings (SSSR count). The van der Waals surface area contributed by atoms with Gasteiger partial charge < -0.3 is 0 Å². The van der Waals surface area contributed by atoms with Crippen molar-refractivity contribution in [1.82, 2.24) is 0 Å².